The first kappa shape index (κ1) is 25.6. The maximum atomic E-state index is 13.2. The van der Waals surface area contributed by atoms with Crippen molar-refractivity contribution in [1.82, 2.24) is 20.4 Å². The van der Waals surface area contributed by atoms with Crippen LogP contribution in [-0.4, -0.2) is 65.0 Å². The van der Waals surface area contributed by atoms with Crippen LogP contribution in [0, 0.1) is 11.3 Å². The fraction of sp³-hybridized carbons (Fsp3) is 0.560. The Labute approximate surface area is 200 Å². The van der Waals surface area contributed by atoms with Gasteiger partial charge in [-0.05, 0) is 18.3 Å². The average molecular weight is 471 g/mol. The summed E-state index contributed by atoms with van der Waals surface area (Å²) in [5, 5.41) is 6.73. The summed E-state index contributed by atoms with van der Waals surface area (Å²) in [6, 6.07) is 8.38. The van der Waals surface area contributed by atoms with E-state index in [-0.39, 0.29) is 29.5 Å². The Morgan fingerprint density at radius 2 is 1.79 bits per heavy atom. The fourth-order valence-electron chi connectivity index (χ4n) is 3.97. The summed E-state index contributed by atoms with van der Waals surface area (Å²) in [6.07, 6.45) is 0.956. The lowest BCUT2D eigenvalue weighted by Crippen LogP contribution is -2.46. The molecule has 1 aliphatic rings. The van der Waals surface area contributed by atoms with E-state index in [0.717, 1.165) is 5.56 Å². The van der Waals surface area contributed by atoms with Crippen molar-refractivity contribution in [2.75, 3.05) is 26.3 Å². The zero-order valence-electron chi connectivity index (χ0n) is 20.4. The third kappa shape index (κ3) is 6.96. The van der Waals surface area contributed by atoms with E-state index in [9.17, 15) is 14.4 Å². The van der Waals surface area contributed by atoms with Crippen LogP contribution in [0.3, 0.4) is 0 Å². The first-order valence-corrected chi connectivity index (χ1v) is 11.8. The Bertz CT molecular complexity index is 977. The molecule has 2 atom stereocenters. The number of rotatable bonds is 9. The van der Waals surface area contributed by atoms with Crippen LogP contribution in [0.4, 0.5) is 0 Å². The number of morpholine rings is 1. The number of nitrogens with one attached hydrogen (secondary N) is 1. The smallest absolute Gasteiger partial charge is 0.296 e. The molecule has 34 heavy (non-hydrogen) atoms. The van der Waals surface area contributed by atoms with Crippen LogP contribution in [-0.2, 0) is 14.3 Å². The van der Waals surface area contributed by atoms with Crippen LogP contribution in [0.15, 0.2) is 34.9 Å². The van der Waals surface area contributed by atoms with Gasteiger partial charge < -0.3 is 19.5 Å². The van der Waals surface area contributed by atoms with Crippen LogP contribution in [0.2, 0.25) is 0 Å². The molecule has 3 rings (SSSR count). The second kappa shape index (κ2) is 11.4. The largest absolute Gasteiger partial charge is 0.378 e. The third-order valence-corrected chi connectivity index (χ3v) is 5.72. The molecule has 0 saturated carbocycles. The number of Topliss-reactive ketones (excluding diaryl/α,β-unsaturated/α-hetero) is 1. The van der Waals surface area contributed by atoms with Crippen molar-refractivity contribution in [2.45, 2.75) is 53.0 Å². The van der Waals surface area contributed by atoms with Gasteiger partial charge in [-0.2, -0.15) is 4.98 Å². The summed E-state index contributed by atoms with van der Waals surface area (Å²) < 4.78 is 10.5. The zero-order chi connectivity index (χ0) is 24.7. The van der Waals surface area contributed by atoms with Crippen molar-refractivity contribution in [2.24, 2.45) is 11.3 Å². The lowest BCUT2D eigenvalue weighted by Gasteiger charge is -2.30. The maximum absolute atomic E-state index is 13.2. The molecule has 1 fully saturated rings. The molecule has 1 aromatic carbocycles. The summed E-state index contributed by atoms with van der Waals surface area (Å²) in [7, 11) is 0. The molecule has 9 nitrogen and oxygen atoms in total. The Kier molecular flexibility index (Phi) is 8.55. The molecule has 0 radical (unpaired) electrons. The first-order valence-electron chi connectivity index (χ1n) is 11.8. The Morgan fingerprint density at radius 3 is 2.41 bits per heavy atom. The van der Waals surface area contributed by atoms with E-state index in [1.807, 2.05) is 51.1 Å². The Hall–Kier alpha value is -3.07. The van der Waals surface area contributed by atoms with Gasteiger partial charge in [-0.1, -0.05) is 63.2 Å². The second-order valence-electron chi connectivity index (χ2n) is 9.78. The standard InChI is InChI=1S/C25H34N4O5/c1-5-19(21(31)24-27-22(28-34-24)17-9-7-6-8-10-17)26-23(32)18(16-25(2,3)4)15-20(30)29-11-13-33-14-12-29/h6-10,18-19H,5,11-16H2,1-4H3,(H,26,32). The van der Waals surface area contributed by atoms with Gasteiger partial charge in [0, 0.05) is 31.0 Å². The minimum absolute atomic E-state index is 0.0727. The number of benzene rings is 1. The van der Waals surface area contributed by atoms with Crippen LogP contribution >= 0.6 is 0 Å². The van der Waals surface area contributed by atoms with Crippen molar-refractivity contribution >= 4 is 17.6 Å². The van der Waals surface area contributed by atoms with Gasteiger partial charge in [0.05, 0.1) is 19.3 Å². The Balaban J connectivity index is 1.69. The molecular formula is C25H34N4O5. The summed E-state index contributed by atoms with van der Waals surface area (Å²) >= 11 is 0. The number of ketones is 1. The van der Waals surface area contributed by atoms with Gasteiger partial charge in [0.15, 0.2) is 0 Å². The molecule has 0 aliphatic carbocycles. The molecule has 1 aromatic heterocycles. The SMILES string of the molecule is CCC(NC(=O)C(CC(=O)N1CCOCC1)CC(C)(C)C)C(=O)c1nc(-c2ccccc2)no1. The molecule has 2 unspecified atom stereocenters. The normalized spacial score (nSPS) is 16.1. The van der Waals surface area contributed by atoms with Gasteiger partial charge in [-0.25, -0.2) is 0 Å². The molecule has 2 heterocycles. The number of nitrogens with zero attached hydrogens (tertiary/aromatic N) is 3. The Morgan fingerprint density at radius 1 is 1.12 bits per heavy atom. The maximum Gasteiger partial charge on any atom is 0.296 e. The second-order valence-corrected chi connectivity index (χ2v) is 9.78. The van der Waals surface area contributed by atoms with E-state index in [0.29, 0.717) is 45.0 Å². The molecular weight excluding hydrogens is 436 g/mol. The highest BCUT2D eigenvalue weighted by molar-refractivity contribution is 5.99. The quantitative estimate of drug-likeness (QED) is 0.560. The van der Waals surface area contributed by atoms with E-state index in [2.05, 4.69) is 15.5 Å². The molecule has 1 aliphatic heterocycles. The topological polar surface area (TPSA) is 115 Å². The minimum Gasteiger partial charge on any atom is -0.378 e. The van der Waals surface area contributed by atoms with Crippen LogP contribution in [0.1, 0.15) is 57.6 Å². The summed E-state index contributed by atoms with van der Waals surface area (Å²) in [4.78, 5) is 45.1. The number of aromatic nitrogens is 2. The number of hydrogen-bond donors (Lipinski definition) is 1. The highest BCUT2D eigenvalue weighted by Gasteiger charge is 2.33. The highest BCUT2D eigenvalue weighted by atomic mass is 16.5. The predicted octanol–water partition coefficient (Wildman–Crippen LogP) is 3.12. The molecule has 1 saturated heterocycles. The number of ether oxygens (including phenoxy) is 1. The fourth-order valence-corrected chi connectivity index (χ4v) is 3.97. The summed E-state index contributed by atoms with van der Waals surface area (Å²) in [6.45, 7) is 9.94. The number of hydrogen-bond acceptors (Lipinski definition) is 7. The van der Waals surface area contributed by atoms with Crippen molar-refractivity contribution < 1.29 is 23.6 Å². The molecule has 2 aromatic rings. The lowest BCUT2D eigenvalue weighted by molar-refractivity contribution is -0.140. The van der Waals surface area contributed by atoms with Crippen molar-refractivity contribution in [3.8, 4) is 11.4 Å². The average Bonchev–Trinajstić information content (AvgIpc) is 3.32. The predicted molar refractivity (Wildman–Crippen MR) is 126 cm³/mol. The van der Waals surface area contributed by atoms with E-state index in [1.165, 1.54) is 0 Å². The van der Waals surface area contributed by atoms with Gasteiger partial charge in [0.2, 0.25) is 23.4 Å². The third-order valence-electron chi connectivity index (χ3n) is 5.72. The van der Waals surface area contributed by atoms with E-state index in [4.69, 9.17) is 9.26 Å². The van der Waals surface area contributed by atoms with Crippen molar-refractivity contribution in [3.63, 3.8) is 0 Å². The lowest BCUT2D eigenvalue weighted by atomic mass is 9.82. The van der Waals surface area contributed by atoms with E-state index in [1.54, 1.807) is 11.8 Å². The van der Waals surface area contributed by atoms with Crippen LogP contribution in [0.5, 0.6) is 0 Å². The van der Waals surface area contributed by atoms with Gasteiger partial charge in [0.1, 0.15) is 0 Å². The van der Waals surface area contributed by atoms with Crippen molar-refractivity contribution in [3.05, 3.63) is 36.2 Å². The number of carbonyl (C=O) groups excluding carboxylic acids is 3. The zero-order valence-corrected chi connectivity index (χ0v) is 20.4. The molecule has 9 heteroatoms. The minimum atomic E-state index is -0.822. The highest BCUT2D eigenvalue weighted by Crippen LogP contribution is 2.27. The molecule has 2 amide bonds. The van der Waals surface area contributed by atoms with Crippen LogP contribution in [0.25, 0.3) is 11.4 Å². The van der Waals surface area contributed by atoms with Gasteiger partial charge in [0.25, 0.3) is 5.89 Å². The number of amides is 2. The first-order chi connectivity index (χ1) is 16.2. The van der Waals surface area contributed by atoms with E-state index >= 15 is 0 Å². The van der Waals surface area contributed by atoms with Crippen molar-refractivity contribution in [1.29, 1.82) is 0 Å². The summed E-state index contributed by atoms with van der Waals surface area (Å²) in [5.41, 5.74) is 0.560. The van der Waals surface area contributed by atoms with Crippen LogP contribution < -0.4 is 5.32 Å². The number of carbonyl (C=O) groups is 3. The van der Waals surface area contributed by atoms with Gasteiger partial charge in [-0.3, -0.25) is 14.4 Å². The molecule has 0 spiro atoms. The molecule has 0 bridgehead atoms. The molecule has 184 valence electrons. The van der Waals surface area contributed by atoms with Gasteiger partial charge in [-0.15, -0.1) is 0 Å². The summed E-state index contributed by atoms with van der Waals surface area (Å²) in [5.74, 6) is -1.23. The van der Waals surface area contributed by atoms with Gasteiger partial charge >= 0.3 is 0 Å². The molecule has 1 N–H and O–H groups in total. The monoisotopic (exact) mass is 470 g/mol. The van der Waals surface area contributed by atoms with E-state index < -0.39 is 17.7 Å².